The van der Waals surface area contributed by atoms with Gasteiger partial charge < -0.3 is 4.74 Å². The van der Waals surface area contributed by atoms with Crippen molar-refractivity contribution in [3.05, 3.63) is 59.2 Å². The molecule has 0 unspecified atom stereocenters. The summed E-state index contributed by atoms with van der Waals surface area (Å²) in [5, 5.41) is 3.45. The number of ether oxygens (including phenoxy) is 1. The molecule has 1 aromatic heterocycles. The zero-order valence-electron chi connectivity index (χ0n) is 14.5. The summed E-state index contributed by atoms with van der Waals surface area (Å²) < 4.78 is 6.64. The first-order chi connectivity index (χ1) is 12.1. The lowest BCUT2D eigenvalue weighted by atomic mass is 10.1. The zero-order valence-corrected chi connectivity index (χ0v) is 15.3. The minimum absolute atomic E-state index is 0.209. The first-order valence-corrected chi connectivity index (χ1v) is 8.97. The first-order valence-electron chi connectivity index (χ1n) is 8.15. The van der Waals surface area contributed by atoms with Crippen LogP contribution in [0.2, 0.25) is 0 Å². The number of thiazole rings is 1. The van der Waals surface area contributed by atoms with Crippen LogP contribution in [0.3, 0.4) is 0 Å². The molecule has 0 aliphatic heterocycles. The molecule has 1 amide bonds. The van der Waals surface area contributed by atoms with Crippen molar-refractivity contribution in [1.82, 2.24) is 4.98 Å². The van der Waals surface area contributed by atoms with Crippen molar-refractivity contribution < 1.29 is 9.53 Å². The number of anilines is 1. The molecule has 0 spiro atoms. The average Bonchev–Trinajstić information content (AvgIpc) is 2.97. The van der Waals surface area contributed by atoms with Crippen LogP contribution in [0.1, 0.15) is 23.6 Å². The summed E-state index contributed by atoms with van der Waals surface area (Å²) in [5.41, 5.74) is 4.12. The van der Waals surface area contributed by atoms with E-state index >= 15 is 0 Å². The first kappa shape index (κ1) is 17.2. The van der Waals surface area contributed by atoms with Crippen LogP contribution in [-0.2, 0) is 4.79 Å². The predicted octanol–water partition coefficient (Wildman–Crippen LogP) is 4.96. The Kier molecular flexibility index (Phi) is 5.14. The van der Waals surface area contributed by atoms with E-state index in [9.17, 15) is 4.79 Å². The number of nitrogens with one attached hydrogen (secondary N) is 1. The van der Waals surface area contributed by atoms with E-state index in [1.807, 2.05) is 38.1 Å². The van der Waals surface area contributed by atoms with Gasteiger partial charge in [-0.05, 0) is 50.1 Å². The highest BCUT2D eigenvalue weighted by atomic mass is 32.1. The Morgan fingerprint density at radius 1 is 1.28 bits per heavy atom. The van der Waals surface area contributed by atoms with Crippen molar-refractivity contribution in [3.63, 3.8) is 0 Å². The van der Waals surface area contributed by atoms with E-state index in [0.717, 1.165) is 27.1 Å². The molecule has 128 valence electrons. The highest BCUT2D eigenvalue weighted by Crippen LogP contribution is 2.29. The number of carbonyl (C=O) groups is 1. The van der Waals surface area contributed by atoms with Gasteiger partial charge >= 0.3 is 0 Å². The van der Waals surface area contributed by atoms with Gasteiger partial charge in [0.25, 0.3) is 0 Å². The van der Waals surface area contributed by atoms with Gasteiger partial charge in [0.2, 0.25) is 5.91 Å². The van der Waals surface area contributed by atoms with Crippen molar-refractivity contribution in [3.8, 4) is 5.75 Å². The van der Waals surface area contributed by atoms with E-state index in [1.165, 1.54) is 23.0 Å². The fraction of sp³-hybridized carbons (Fsp3) is 0.200. The smallest absolute Gasteiger partial charge is 0.250 e. The number of carbonyl (C=O) groups excluding carboxylic acids is 1. The van der Waals surface area contributed by atoms with Gasteiger partial charge in [0.15, 0.2) is 5.13 Å². The van der Waals surface area contributed by atoms with Gasteiger partial charge in [-0.1, -0.05) is 35.6 Å². The van der Waals surface area contributed by atoms with Crippen LogP contribution in [0.4, 0.5) is 5.13 Å². The third-order valence-corrected chi connectivity index (χ3v) is 4.61. The normalized spacial score (nSPS) is 11.2. The monoisotopic (exact) mass is 352 g/mol. The molecule has 0 fully saturated rings. The molecule has 1 N–H and O–H groups in total. The van der Waals surface area contributed by atoms with Crippen LogP contribution in [0.15, 0.2) is 42.5 Å². The number of hydrogen-bond donors (Lipinski definition) is 1. The summed E-state index contributed by atoms with van der Waals surface area (Å²) in [5.74, 6) is 0.555. The molecule has 25 heavy (non-hydrogen) atoms. The number of nitrogens with zero attached hydrogens (tertiary/aromatic N) is 1. The molecule has 4 nitrogen and oxygen atoms in total. The lowest BCUT2D eigenvalue weighted by Crippen LogP contribution is -2.07. The fourth-order valence-electron chi connectivity index (χ4n) is 2.64. The van der Waals surface area contributed by atoms with Crippen molar-refractivity contribution >= 4 is 38.7 Å². The molecule has 0 aliphatic rings. The number of amides is 1. The maximum atomic E-state index is 12.2. The second-order valence-corrected chi connectivity index (χ2v) is 6.77. The molecule has 0 radical (unpaired) electrons. The summed E-state index contributed by atoms with van der Waals surface area (Å²) in [6.45, 7) is 6.61. The standard InChI is InChI=1S/C20H20N2O2S/c1-4-24-16-8-6-5-7-15(16)9-10-18(23)21-20-22-19-14(3)11-13(2)12-17(19)25-20/h5-12H,4H2,1-3H3,(H,21,22,23)/b10-9+. The molecule has 1 heterocycles. The van der Waals surface area contributed by atoms with Gasteiger partial charge in [0.05, 0.1) is 16.8 Å². The highest BCUT2D eigenvalue weighted by Gasteiger charge is 2.09. The number of hydrogen-bond acceptors (Lipinski definition) is 4. The highest BCUT2D eigenvalue weighted by molar-refractivity contribution is 7.22. The third kappa shape index (κ3) is 4.06. The summed E-state index contributed by atoms with van der Waals surface area (Å²) in [7, 11) is 0. The lowest BCUT2D eigenvalue weighted by molar-refractivity contribution is -0.111. The van der Waals surface area contributed by atoms with Gasteiger partial charge in [-0.2, -0.15) is 0 Å². The summed E-state index contributed by atoms with van der Waals surface area (Å²) in [6, 6.07) is 11.8. The molecular weight excluding hydrogens is 332 g/mol. The number of fused-ring (bicyclic) bond motifs is 1. The van der Waals surface area contributed by atoms with Crippen LogP contribution in [0.5, 0.6) is 5.75 Å². The quantitative estimate of drug-likeness (QED) is 0.660. The minimum atomic E-state index is -0.209. The number of rotatable bonds is 5. The molecule has 5 heteroatoms. The second kappa shape index (κ2) is 7.49. The van der Waals surface area contributed by atoms with Gasteiger partial charge in [-0.3, -0.25) is 10.1 Å². The Morgan fingerprint density at radius 2 is 2.08 bits per heavy atom. The number of benzene rings is 2. The summed E-state index contributed by atoms with van der Waals surface area (Å²) in [4.78, 5) is 16.7. The Morgan fingerprint density at radius 3 is 2.88 bits per heavy atom. The van der Waals surface area contributed by atoms with Crippen LogP contribution in [0.25, 0.3) is 16.3 Å². The van der Waals surface area contributed by atoms with E-state index in [1.54, 1.807) is 6.08 Å². The molecular formula is C20H20N2O2S. The molecule has 0 aliphatic carbocycles. The Labute approximate surface area is 151 Å². The Bertz CT molecular complexity index is 944. The number of aromatic nitrogens is 1. The molecule has 3 aromatic rings. The Hall–Kier alpha value is -2.66. The summed E-state index contributed by atoms with van der Waals surface area (Å²) >= 11 is 1.49. The van der Waals surface area contributed by atoms with E-state index in [-0.39, 0.29) is 5.91 Å². The predicted molar refractivity (Wildman–Crippen MR) is 104 cm³/mol. The van der Waals surface area contributed by atoms with Gasteiger partial charge in [0.1, 0.15) is 5.75 Å². The SMILES string of the molecule is CCOc1ccccc1/C=C/C(=O)Nc1nc2c(C)cc(C)cc2s1. The second-order valence-electron chi connectivity index (χ2n) is 5.74. The van der Waals surface area contributed by atoms with E-state index in [4.69, 9.17) is 4.74 Å². The molecule has 3 rings (SSSR count). The van der Waals surface area contributed by atoms with Crippen LogP contribution in [0, 0.1) is 13.8 Å². The van der Waals surface area contributed by atoms with Gasteiger partial charge in [0, 0.05) is 11.6 Å². The van der Waals surface area contributed by atoms with Crippen LogP contribution < -0.4 is 10.1 Å². The van der Waals surface area contributed by atoms with Crippen molar-refractivity contribution in [1.29, 1.82) is 0 Å². The maximum absolute atomic E-state index is 12.2. The zero-order chi connectivity index (χ0) is 17.8. The molecule has 2 aromatic carbocycles. The molecule has 0 saturated carbocycles. The van der Waals surface area contributed by atoms with Crippen LogP contribution >= 0.6 is 11.3 Å². The van der Waals surface area contributed by atoms with Gasteiger partial charge in [-0.15, -0.1) is 0 Å². The lowest BCUT2D eigenvalue weighted by Gasteiger charge is -2.06. The van der Waals surface area contributed by atoms with Crippen LogP contribution in [-0.4, -0.2) is 17.5 Å². The summed E-state index contributed by atoms with van der Waals surface area (Å²) in [6.07, 6.45) is 3.26. The van der Waals surface area contributed by atoms with Crippen molar-refractivity contribution in [2.24, 2.45) is 0 Å². The molecule has 0 saturated heterocycles. The van der Waals surface area contributed by atoms with E-state index in [0.29, 0.717) is 11.7 Å². The average molecular weight is 352 g/mol. The van der Waals surface area contributed by atoms with E-state index in [2.05, 4.69) is 29.4 Å². The largest absolute Gasteiger partial charge is 0.493 e. The maximum Gasteiger partial charge on any atom is 0.250 e. The molecule has 0 atom stereocenters. The fourth-order valence-corrected chi connectivity index (χ4v) is 3.69. The topological polar surface area (TPSA) is 51.2 Å². The van der Waals surface area contributed by atoms with Crippen molar-refractivity contribution in [2.75, 3.05) is 11.9 Å². The van der Waals surface area contributed by atoms with Crippen molar-refractivity contribution in [2.45, 2.75) is 20.8 Å². The minimum Gasteiger partial charge on any atom is -0.493 e. The number of aryl methyl sites for hydroxylation is 2. The Balaban J connectivity index is 1.76. The molecule has 0 bridgehead atoms. The van der Waals surface area contributed by atoms with Gasteiger partial charge in [-0.25, -0.2) is 4.98 Å². The number of para-hydroxylation sites is 1. The van der Waals surface area contributed by atoms with E-state index < -0.39 is 0 Å². The third-order valence-electron chi connectivity index (χ3n) is 3.69.